The Morgan fingerprint density at radius 2 is 1.82 bits per heavy atom. The van der Waals surface area contributed by atoms with E-state index in [0.29, 0.717) is 0 Å². The van der Waals surface area contributed by atoms with Crippen LogP contribution in [-0.2, 0) is 0 Å². The molecule has 0 saturated carbocycles. The third kappa shape index (κ3) is 9.87. The molecule has 22 heavy (non-hydrogen) atoms. The van der Waals surface area contributed by atoms with Crippen molar-refractivity contribution in [3.8, 4) is 0 Å². The Labute approximate surface area is 164 Å². The van der Waals surface area contributed by atoms with Gasteiger partial charge in [-0.1, -0.05) is 39.2 Å². The molecule has 1 aromatic carbocycles. The van der Waals surface area contributed by atoms with Gasteiger partial charge in [-0.05, 0) is 19.1 Å². The molecular weight excluding hydrogens is 514 g/mol. The van der Waals surface area contributed by atoms with Crippen molar-refractivity contribution in [2.24, 2.45) is 0 Å². The summed E-state index contributed by atoms with van der Waals surface area (Å²) in [4.78, 5) is 4.44. The molecule has 0 saturated heterocycles. The Hall–Kier alpha value is -0.0381. The van der Waals surface area contributed by atoms with Crippen molar-refractivity contribution in [1.29, 1.82) is 0 Å². The second kappa shape index (κ2) is 15.8. The molecule has 0 amide bonds. The largest absolute Gasteiger partial charge is 2.00 e. The Kier molecular flexibility index (Phi) is 17.4. The van der Waals surface area contributed by atoms with Crippen molar-refractivity contribution >= 4 is 27.2 Å². The maximum Gasteiger partial charge on any atom is 2.00 e. The average molecular weight is 545 g/mol. The molecule has 2 rings (SSSR count). The first-order valence-electron chi connectivity index (χ1n) is 7.76. The number of benzene rings is 1. The summed E-state index contributed by atoms with van der Waals surface area (Å²) < 4.78 is 1.25. The Morgan fingerprint density at radius 3 is 2.27 bits per heavy atom. The number of aromatic nitrogens is 1. The van der Waals surface area contributed by atoms with Gasteiger partial charge in [-0.15, -0.1) is 11.3 Å². The predicted octanol–water partition coefficient (Wildman–Crippen LogP) is 6.28. The summed E-state index contributed by atoms with van der Waals surface area (Å²) in [6.07, 6.45) is 6.07. The van der Waals surface area contributed by atoms with Gasteiger partial charge in [0.25, 0.3) is 0 Å². The summed E-state index contributed by atoms with van der Waals surface area (Å²) in [6, 6.07) is 6.19. The van der Waals surface area contributed by atoms with Crippen LogP contribution >= 0.6 is 11.3 Å². The van der Waals surface area contributed by atoms with Crippen molar-refractivity contribution in [3.05, 3.63) is 37.1 Å². The first kappa shape index (κ1) is 24.2. The molecule has 1 N–H and O–H groups in total. The molecule has 0 bridgehead atoms. The number of fused-ring (bicyclic) bond motifs is 1. The van der Waals surface area contributed by atoms with Crippen LogP contribution in [0, 0.1) is 51.9 Å². The van der Waals surface area contributed by atoms with Gasteiger partial charge < -0.3 is 19.2 Å². The van der Waals surface area contributed by atoms with Crippen LogP contribution in [0.4, 0.5) is 5.69 Å². The summed E-state index contributed by atoms with van der Waals surface area (Å²) in [5, 5.41) is 4.25. The first-order chi connectivity index (χ1) is 10.1. The Bertz CT molecular complexity index is 479. The second-order valence-electron chi connectivity index (χ2n) is 4.70. The van der Waals surface area contributed by atoms with Crippen LogP contribution in [0.3, 0.4) is 0 Å². The molecule has 1 heterocycles. The summed E-state index contributed by atoms with van der Waals surface area (Å²) in [7, 11) is 1.92. The molecule has 1 aromatic heterocycles. The quantitative estimate of drug-likeness (QED) is 0.362. The van der Waals surface area contributed by atoms with E-state index in [1.54, 1.807) is 11.3 Å². The van der Waals surface area contributed by atoms with E-state index in [1.165, 1.54) is 24.0 Å². The van der Waals surface area contributed by atoms with E-state index in [9.17, 15) is 0 Å². The second-order valence-corrected chi connectivity index (χ2v) is 5.93. The summed E-state index contributed by atoms with van der Waals surface area (Å²) >= 11 is 1.73. The molecule has 0 unspecified atom stereocenters. The molecule has 0 spiro atoms. The van der Waals surface area contributed by atoms with Gasteiger partial charge in [-0.3, -0.25) is 0 Å². The molecule has 0 aliphatic carbocycles. The fraction of sp³-hybridized carbons (Fsp3) is 0.500. The maximum atomic E-state index is 4.44. The van der Waals surface area contributed by atoms with Crippen molar-refractivity contribution in [1.82, 2.24) is 4.98 Å². The number of para-hydroxylation sites is 1. The monoisotopic (exact) mass is 544 g/mol. The third-order valence-corrected chi connectivity index (χ3v) is 3.58. The van der Waals surface area contributed by atoms with Crippen molar-refractivity contribution < 1.29 is 31.1 Å². The van der Waals surface area contributed by atoms with E-state index in [0.717, 1.165) is 29.1 Å². The zero-order valence-corrected chi connectivity index (χ0v) is 19.5. The van der Waals surface area contributed by atoms with Crippen molar-refractivity contribution in [2.75, 3.05) is 12.4 Å². The summed E-state index contributed by atoms with van der Waals surface area (Å²) in [5.74, 6) is 0. The number of rotatable bonds is 4. The van der Waals surface area contributed by atoms with Crippen LogP contribution in [0.2, 0.25) is 0 Å². The van der Waals surface area contributed by atoms with Crippen LogP contribution in [0.15, 0.2) is 18.2 Å². The van der Waals surface area contributed by atoms with Gasteiger partial charge >= 0.3 is 31.1 Å². The van der Waals surface area contributed by atoms with Gasteiger partial charge in [-0.25, -0.2) is 4.98 Å². The van der Waals surface area contributed by atoms with E-state index in [2.05, 4.69) is 37.1 Å². The van der Waals surface area contributed by atoms with Crippen LogP contribution in [0.25, 0.3) is 10.2 Å². The number of unbranched alkanes of at least 4 members (excludes halogenated alkanes) is 3. The SMILES string of the molecule is CNc1cccc2sc(C)nc12.[CH2-]CC.[CH2-]CCCCC.[U+2]. The number of thiazole rings is 1. The fourth-order valence-electron chi connectivity index (χ4n) is 1.69. The zero-order valence-electron chi connectivity index (χ0n) is 14.5. The Morgan fingerprint density at radius 1 is 1.18 bits per heavy atom. The first-order valence-corrected chi connectivity index (χ1v) is 8.58. The molecule has 0 fully saturated rings. The minimum Gasteiger partial charge on any atom is -0.386 e. The molecule has 0 atom stereocenters. The fourth-order valence-corrected chi connectivity index (χ4v) is 2.54. The van der Waals surface area contributed by atoms with E-state index < -0.39 is 0 Å². The van der Waals surface area contributed by atoms with Gasteiger partial charge in [0.05, 0.1) is 15.4 Å². The number of nitrogens with one attached hydrogen (secondary N) is 1. The number of hydrogen-bond acceptors (Lipinski definition) is 3. The van der Waals surface area contributed by atoms with Gasteiger partial charge in [0.15, 0.2) is 0 Å². The minimum absolute atomic E-state index is 0. The van der Waals surface area contributed by atoms with Crippen LogP contribution < -0.4 is 5.32 Å². The predicted molar refractivity (Wildman–Crippen MR) is 99.1 cm³/mol. The summed E-state index contributed by atoms with van der Waals surface area (Å²) in [6.45, 7) is 13.5. The van der Waals surface area contributed by atoms with Crippen LogP contribution in [0.5, 0.6) is 0 Å². The molecule has 2 aromatic rings. The van der Waals surface area contributed by atoms with Crippen molar-refractivity contribution in [3.63, 3.8) is 0 Å². The van der Waals surface area contributed by atoms with E-state index in [4.69, 9.17) is 0 Å². The smallest absolute Gasteiger partial charge is 0.386 e. The third-order valence-electron chi connectivity index (χ3n) is 2.65. The van der Waals surface area contributed by atoms with Crippen molar-refractivity contribution in [2.45, 2.75) is 52.9 Å². The van der Waals surface area contributed by atoms with Gasteiger partial charge in [-0.2, -0.15) is 12.8 Å². The normalized spacial score (nSPS) is 9.00. The standard InChI is InChI=1S/C9H10N2S.C6H13.C3H7.U/c1-6-11-9-7(10-2)4-3-5-8(9)12-6;1-3-5-6-4-2;1-3-2;/h3-5,10H,1-2H3;1,3-6H2,2H3;1,3H2,2H3;/q;2*-1;+2. The summed E-state index contributed by atoms with van der Waals surface area (Å²) in [5.41, 5.74) is 2.19. The van der Waals surface area contributed by atoms with Crippen LogP contribution in [0.1, 0.15) is 51.0 Å². The Balaban J connectivity index is 0. The average Bonchev–Trinajstić information content (AvgIpc) is 2.86. The molecule has 2 nitrogen and oxygen atoms in total. The van der Waals surface area contributed by atoms with E-state index >= 15 is 0 Å². The minimum atomic E-state index is 0. The van der Waals surface area contributed by atoms with Crippen LogP contribution in [-0.4, -0.2) is 12.0 Å². The molecule has 0 aliphatic heterocycles. The molecule has 0 radical (unpaired) electrons. The maximum absolute atomic E-state index is 4.44. The number of anilines is 1. The molecule has 0 aliphatic rings. The number of hydrogen-bond donors (Lipinski definition) is 1. The number of aryl methyl sites for hydroxylation is 1. The molecule has 4 heteroatoms. The van der Waals surface area contributed by atoms with Gasteiger partial charge in [0.1, 0.15) is 5.52 Å². The molecular formula is C18H30N2SU. The molecule has 122 valence electrons. The number of nitrogens with zero attached hydrogens (tertiary/aromatic N) is 1. The topological polar surface area (TPSA) is 24.9 Å². The van der Waals surface area contributed by atoms with E-state index in [-0.39, 0.29) is 31.1 Å². The van der Waals surface area contributed by atoms with Gasteiger partial charge in [0, 0.05) is 7.05 Å². The van der Waals surface area contributed by atoms with Gasteiger partial charge in [0.2, 0.25) is 0 Å². The zero-order chi connectivity index (χ0) is 16.1. The van der Waals surface area contributed by atoms with E-state index in [1.807, 2.05) is 33.0 Å².